The van der Waals surface area contributed by atoms with Crippen LogP contribution in [-0.4, -0.2) is 29.2 Å². The average molecular weight is 2070 g/mol. The zero-order valence-corrected chi connectivity index (χ0v) is 82.5. The maximum Gasteiger partial charge on any atom is 0.166 e. The molecular weight excluding hydrogens is 1970 g/mol. The molecule has 4 N–H and O–H groups in total. The average Bonchev–Trinajstić information content (AvgIpc) is 0.756. The Bertz CT molecular complexity index is 6770. The van der Waals surface area contributed by atoms with Crippen molar-refractivity contribution in [3.63, 3.8) is 0 Å². The number of phenolic OH excluding ortho intramolecular Hbond substituents is 4. The molecule has 4 aliphatic rings. The SMILES string of the molecule is CC(C)([CH]=[Mo]=[N]c1ccccc1C(F)(F)F)c1ccccc1.CC(C)([CH]=[Mo]=[N]c1ccccc1C(F)(F)F)c1ccccc1.Cc1c(F)cc2c(c1-c1c(O)c(F)cc3c1CCCC3)CCCC2.Cc1c(F)cc2c(c1-c1c(O)c(F)cc3c1CCCC3)CCCC2.Cc1c(F)cc2ccccc2c1-c1c(O)c(F)cc2ccccc12.Cc1c(F)cc2ccccc2c1-c1c(O)c(F)cc2ccccc12. The van der Waals surface area contributed by atoms with Gasteiger partial charge in [-0.05, 0) is 311 Å². The summed E-state index contributed by atoms with van der Waals surface area (Å²) < 4.78 is 205. The van der Waals surface area contributed by atoms with Gasteiger partial charge in [-0.1, -0.05) is 97.1 Å². The van der Waals surface area contributed by atoms with E-state index in [2.05, 4.69) is 43.5 Å². The summed E-state index contributed by atoms with van der Waals surface area (Å²) in [5.41, 5.74) is 15.0. The molecule has 16 aromatic rings. The third-order valence-electron chi connectivity index (χ3n) is 26.7. The van der Waals surface area contributed by atoms with Crippen LogP contribution < -0.4 is 0 Å². The summed E-state index contributed by atoms with van der Waals surface area (Å²) in [5, 5.41) is 47.6. The van der Waals surface area contributed by atoms with Gasteiger partial charge in [0.05, 0.1) is 0 Å². The number of rotatable bonds is 10. The maximum absolute atomic E-state index is 14.5. The molecule has 0 unspecified atom stereocenters. The number of fused-ring (bicyclic) bond motifs is 8. The predicted octanol–water partition coefficient (Wildman–Crippen LogP) is 33.5. The molecule has 0 bridgehead atoms. The van der Waals surface area contributed by atoms with Crippen molar-refractivity contribution in [3.8, 4) is 67.5 Å². The summed E-state index contributed by atoms with van der Waals surface area (Å²) >= 11 is -2.06. The Morgan fingerprint density at radius 3 is 0.800 bits per heavy atom. The summed E-state index contributed by atoms with van der Waals surface area (Å²) in [4.78, 5) is 0. The third kappa shape index (κ3) is 22.3. The number of phenols is 4. The number of benzene rings is 16. The second kappa shape index (κ2) is 43.7. The van der Waals surface area contributed by atoms with E-state index < -0.39 is 94.1 Å². The van der Waals surface area contributed by atoms with Crippen molar-refractivity contribution in [2.75, 3.05) is 0 Å². The first kappa shape index (κ1) is 102. The maximum atomic E-state index is 14.5. The fourth-order valence-corrected chi connectivity index (χ4v) is 22.9. The second-order valence-electron chi connectivity index (χ2n) is 36.9. The van der Waals surface area contributed by atoms with Gasteiger partial charge in [-0.25, -0.2) is 35.1 Å². The molecular formula is C118H104F14Mo2N2O4. The predicted molar refractivity (Wildman–Crippen MR) is 528 cm³/mol. The van der Waals surface area contributed by atoms with Crippen LogP contribution in [0.25, 0.3) is 87.6 Å². The molecule has 20 rings (SSSR count). The number of nitrogens with zero attached hydrogens (tertiary/aromatic N) is 2. The number of hydrogen-bond donors (Lipinski definition) is 4. The first-order valence-corrected chi connectivity index (χ1v) is 50.7. The molecule has 0 atom stereocenters. The van der Waals surface area contributed by atoms with Crippen LogP contribution in [-0.2, 0) is 110 Å². The number of hydrogen-bond acceptors (Lipinski definition) is 6. The van der Waals surface area contributed by atoms with Crippen molar-refractivity contribution in [2.24, 2.45) is 6.99 Å². The zero-order valence-electron chi connectivity index (χ0n) is 78.5. The van der Waals surface area contributed by atoms with E-state index in [1.807, 2.05) is 121 Å². The molecule has 0 fully saturated rings. The molecule has 22 heteroatoms. The Morgan fingerprint density at radius 1 is 0.257 bits per heavy atom. The van der Waals surface area contributed by atoms with Crippen LogP contribution in [0.15, 0.2) is 262 Å². The Hall–Kier alpha value is -12.5. The van der Waals surface area contributed by atoms with Crippen LogP contribution in [0.1, 0.15) is 168 Å². The molecule has 4 aliphatic carbocycles. The molecule has 0 heterocycles. The minimum atomic E-state index is -4.36. The molecule has 6 nitrogen and oxygen atoms in total. The fourth-order valence-electron chi connectivity index (χ4n) is 19.4. The molecule has 0 radical (unpaired) electrons. The first-order chi connectivity index (χ1) is 66.9. The van der Waals surface area contributed by atoms with Gasteiger partial charge in [0.2, 0.25) is 0 Å². The van der Waals surface area contributed by atoms with Crippen LogP contribution in [0.5, 0.6) is 23.0 Å². The van der Waals surface area contributed by atoms with E-state index in [1.165, 1.54) is 60.7 Å². The van der Waals surface area contributed by atoms with Crippen molar-refractivity contribution < 1.29 is 118 Å². The summed E-state index contributed by atoms with van der Waals surface area (Å²) in [6.07, 6.45) is 6.42. The molecule has 0 aliphatic heterocycles. The van der Waals surface area contributed by atoms with Gasteiger partial charge in [-0.3, -0.25) is 0 Å². The number of aromatic hydroxyl groups is 4. The van der Waals surface area contributed by atoms with Crippen LogP contribution in [0.4, 0.5) is 72.8 Å². The van der Waals surface area contributed by atoms with Crippen molar-refractivity contribution in [1.82, 2.24) is 0 Å². The van der Waals surface area contributed by atoms with Gasteiger partial charge >= 0.3 is 272 Å². The van der Waals surface area contributed by atoms with Crippen molar-refractivity contribution in [2.45, 2.75) is 181 Å². The molecule has 0 saturated heterocycles. The minimum absolute atomic E-state index is 0.0394. The molecule has 0 spiro atoms. The minimum Gasteiger partial charge on any atom is -0.504 e. The smallest absolute Gasteiger partial charge is 0.166 e. The largest absolute Gasteiger partial charge is 0.504 e. The molecule has 720 valence electrons. The zero-order chi connectivity index (χ0) is 99.8. The van der Waals surface area contributed by atoms with Crippen molar-refractivity contribution >= 4 is 63.3 Å². The molecule has 140 heavy (non-hydrogen) atoms. The number of halogens is 14. The van der Waals surface area contributed by atoms with Gasteiger partial charge in [0.25, 0.3) is 0 Å². The molecule has 0 saturated carbocycles. The topological polar surface area (TPSA) is 106 Å². The normalized spacial score (nSPS) is 13.3. The number of aryl methyl sites for hydroxylation is 4. The summed E-state index contributed by atoms with van der Waals surface area (Å²) in [6.45, 7) is 15.0. The van der Waals surface area contributed by atoms with Gasteiger partial charge in [-0.2, -0.15) is 0 Å². The van der Waals surface area contributed by atoms with Crippen LogP contribution in [0.3, 0.4) is 0 Å². The first-order valence-electron chi connectivity index (χ1n) is 46.6. The molecule has 0 amide bonds. The van der Waals surface area contributed by atoms with Crippen molar-refractivity contribution in [1.29, 1.82) is 0 Å². The third-order valence-corrected chi connectivity index (χ3v) is 31.6. The standard InChI is InChI=1S/2C21H22F2O.2C21H14F2O.2C10H12.2C7H4F3N.2Mo/c4*1-12-17(22)10-13-6-2-4-8-15(13)19(12)20-16-9-5-3-7-14(16)11-18(23)21(20)24;2*1-10(2,3)9-7-5-4-6-8-9;2*8-7(9,10)5-3-1-2-4-6(5)11;;/h2*10-11,24H,2-9H2,1H3;2*2-11,24H,1H3;2*1,4-8H,2-3H3;2*1-4H;;. The fraction of sp³-hybridized carbons (Fsp3) is 0.237. The van der Waals surface area contributed by atoms with E-state index in [0.717, 1.165) is 192 Å². The monoisotopic (exact) mass is 2070 g/mol. The van der Waals surface area contributed by atoms with Gasteiger partial charge in [0.15, 0.2) is 46.3 Å². The van der Waals surface area contributed by atoms with E-state index in [1.54, 1.807) is 88.4 Å². The van der Waals surface area contributed by atoms with Gasteiger partial charge in [0, 0.05) is 22.3 Å². The van der Waals surface area contributed by atoms with Crippen LogP contribution >= 0.6 is 0 Å². The van der Waals surface area contributed by atoms with Crippen LogP contribution in [0.2, 0.25) is 0 Å². The Morgan fingerprint density at radius 2 is 0.486 bits per heavy atom. The van der Waals surface area contributed by atoms with Gasteiger partial charge < -0.3 is 20.4 Å². The number of alkyl halides is 6. The van der Waals surface area contributed by atoms with Gasteiger partial charge in [-0.15, -0.1) is 0 Å². The van der Waals surface area contributed by atoms with E-state index in [9.17, 15) is 81.9 Å². The Kier molecular flexibility index (Phi) is 31.8. The van der Waals surface area contributed by atoms with Crippen molar-refractivity contribution in [3.05, 3.63) is 390 Å². The summed E-state index contributed by atoms with van der Waals surface area (Å²) in [5.74, 6) is -5.37. The van der Waals surface area contributed by atoms with Crippen LogP contribution in [0, 0.1) is 74.2 Å². The summed E-state index contributed by atoms with van der Waals surface area (Å²) in [7, 11) is 0. The van der Waals surface area contributed by atoms with E-state index in [4.69, 9.17) is 0 Å². The van der Waals surface area contributed by atoms with Gasteiger partial charge in [0.1, 0.15) is 23.3 Å². The Labute approximate surface area is 821 Å². The second-order valence-corrected chi connectivity index (χ2v) is 40.0. The molecule has 16 aromatic carbocycles. The van der Waals surface area contributed by atoms with E-state index in [-0.39, 0.29) is 57.0 Å². The molecule has 0 aromatic heterocycles. The quantitative estimate of drug-likeness (QED) is 0.0809. The van der Waals surface area contributed by atoms with E-state index >= 15 is 0 Å². The summed E-state index contributed by atoms with van der Waals surface area (Å²) in [6, 6.07) is 71.6. The van der Waals surface area contributed by atoms with E-state index in [0.29, 0.717) is 88.0 Å². The Balaban J connectivity index is 0.000000127.